The van der Waals surface area contributed by atoms with E-state index in [1.54, 1.807) is 0 Å². The van der Waals surface area contributed by atoms with Crippen molar-refractivity contribution in [1.82, 2.24) is 5.32 Å². The van der Waals surface area contributed by atoms with E-state index < -0.39 is 48.3 Å². The molecule has 0 aromatic rings. The lowest BCUT2D eigenvalue weighted by Crippen LogP contribution is -2.48. The molecule has 21 heteroatoms. The van der Waals surface area contributed by atoms with Gasteiger partial charge in [-0.25, -0.2) is 14.4 Å². The van der Waals surface area contributed by atoms with Crippen molar-refractivity contribution in [3.8, 4) is 0 Å². The number of carboxylic acids is 3. The normalized spacial score (nSPS) is 12.2. The van der Waals surface area contributed by atoms with Gasteiger partial charge in [-0.2, -0.15) is 26.3 Å². The quantitative estimate of drug-likeness (QED) is 0.0591. The van der Waals surface area contributed by atoms with Crippen LogP contribution in [0.2, 0.25) is 0 Å². The van der Waals surface area contributed by atoms with Crippen molar-refractivity contribution in [1.29, 1.82) is 0 Å². The Bertz CT molecular complexity index is 773. The number of hydrogen-bond acceptors (Lipinski definition) is 7. The summed E-state index contributed by atoms with van der Waals surface area (Å²) in [7, 11) is 0. The van der Waals surface area contributed by atoms with E-state index in [0.717, 1.165) is 0 Å². The first-order valence-electron chi connectivity index (χ1n) is 9.62. The number of aliphatic carboxylic acids is 3. The van der Waals surface area contributed by atoms with Gasteiger partial charge in [-0.1, -0.05) is 0 Å². The van der Waals surface area contributed by atoms with Crippen LogP contribution in [0.4, 0.5) is 26.3 Å². The first-order chi connectivity index (χ1) is 16.6. The zero-order valence-electron chi connectivity index (χ0n) is 18.9. The van der Waals surface area contributed by atoms with Crippen molar-refractivity contribution in [3.63, 3.8) is 0 Å². The van der Waals surface area contributed by atoms with E-state index in [0.29, 0.717) is 25.8 Å². The Balaban J connectivity index is -0.000000670. The van der Waals surface area contributed by atoms with Gasteiger partial charge in [0.05, 0.1) is 6.04 Å². The topological polar surface area (TPSA) is 296 Å². The molecule has 37 heavy (non-hydrogen) atoms. The summed E-state index contributed by atoms with van der Waals surface area (Å²) in [6.07, 6.45) is -8.72. The van der Waals surface area contributed by atoms with Crippen molar-refractivity contribution < 1.29 is 60.8 Å². The highest BCUT2D eigenvalue weighted by Crippen LogP contribution is 2.13. The zero-order chi connectivity index (χ0) is 30.0. The number of guanidine groups is 2. The summed E-state index contributed by atoms with van der Waals surface area (Å²) in [4.78, 5) is 48.3. The summed E-state index contributed by atoms with van der Waals surface area (Å²) in [6.45, 7) is 0.636. The molecule has 0 aliphatic carbocycles. The summed E-state index contributed by atoms with van der Waals surface area (Å²) in [5.74, 6) is -7.29. The van der Waals surface area contributed by atoms with Crippen molar-refractivity contribution in [2.24, 2.45) is 38.7 Å². The maximum Gasteiger partial charge on any atom is 0.490 e. The third kappa shape index (κ3) is 24.9. The lowest BCUT2D eigenvalue weighted by Gasteiger charge is -2.17. The minimum atomic E-state index is -5.08. The molecule has 0 spiro atoms. The van der Waals surface area contributed by atoms with E-state index in [2.05, 4.69) is 15.3 Å². The highest BCUT2D eigenvalue weighted by Gasteiger charge is 2.38. The van der Waals surface area contributed by atoms with Crippen LogP contribution in [0.5, 0.6) is 0 Å². The largest absolute Gasteiger partial charge is 0.490 e. The van der Waals surface area contributed by atoms with Crippen LogP contribution < -0.4 is 34.0 Å². The maximum absolute atomic E-state index is 11.9. The van der Waals surface area contributed by atoms with E-state index >= 15 is 0 Å². The Morgan fingerprint density at radius 1 is 0.730 bits per heavy atom. The Morgan fingerprint density at radius 3 is 1.32 bits per heavy atom. The molecule has 0 fully saturated rings. The SMILES string of the molecule is NC(N)=NCCC[C@H](NC(=O)[C@@H](N)CCCN=C(N)N)C(=O)O.O=C(O)C(F)(F)F.O=C(O)C(F)(F)F. The fraction of sp³-hybridized carbons (Fsp3) is 0.625. The molecule has 14 N–H and O–H groups in total. The minimum absolute atomic E-state index is 0.0326. The fourth-order valence-electron chi connectivity index (χ4n) is 1.69. The van der Waals surface area contributed by atoms with Crippen LogP contribution in [-0.2, 0) is 19.2 Å². The van der Waals surface area contributed by atoms with Gasteiger partial charge in [0.25, 0.3) is 0 Å². The number of alkyl halides is 6. The molecule has 0 aromatic heterocycles. The number of aliphatic imine (C=N–C) groups is 2. The number of hydrogen-bond donors (Lipinski definition) is 9. The van der Waals surface area contributed by atoms with Gasteiger partial charge in [-0.3, -0.25) is 14.8 Å². The monoisotopic (exact) mass is 558 g/mol. The van der Waals surface area contributed by atoms with Gasteiger partial charge in [-0.05, 0) is 25.7 Å². The molecule has 0 aromatic carbocycles. The average Bonchev–Trinajstić information content (AvgIpc) is 2.72. The summed E-state index contributed by atoms with van der Waals surface area (Å²) in [5.41, 5.74) is 26.4. The lowest BCUT2D eigenvalue weighted by atomic mass is 10.1. The number of nitrogens with one attached hydrogen (secondary N) is 1. The fourth-order valence-corrected chi connectivity index (χ4v) is 1.69. The molecule has 0 rings (SSSR count). The van der Waals surface area contributed by atoms with Crippen LogP contribution in [0.1, 0.15) is 25.7 Å². The molecule has 0 saturated carbocycles. The van der Waals surface area contributed by atoms with Gasteiger partial charge >= 0.3 is 30.3 Å². The van der Waals surface area contributed by atoms with Crippen LogP contribution >= 0.6 is 0 Å². The summed E-state index contributed by atoms with van der Waals surface area (Å²) >= 11 is 0. The van der Waals surface area contributed by atoms with E-state index in [1.807, 2.05) is 0 Å². The van der Waals surface area contributed by atoms with Gasteiger partial charge in [0.1, 0.15) is 6.04 Å². The number of rotatable bonds is 11. The third-order valence-corrected chi connectivity index (χ3v) is 3.35. The molecule has 0 radical (unpaired) electrons. The predicted molar refractivity (Wildman–Crippen MR) is 115 cm³/mol. The number of nitrogens with two attached hydrogens (primary N) is 5. The summed E-state index contributed by atoms with van der Waals surface area (Å²) in [5, 5.41) is 25.7. The molecular weight excluding hydrogens is 530 g/mol. The number of carbonyl (C=O) groups excluding carboxylic acids is 1. The van der Waals surface area contributed by atoms with E-state index in [9.17, 15) is 35.9 Å². The molecule has 0 bridgehead atoms. The van der Waals surface area contributed by atoms with Crippen LogP contribution in [0.3, 0.4) is 0 Å². The van der Waals surface area contributed by atoms with Crippen molar-refractivity contribution in [3.05, 3.63) is 0 Å². The molecule has 0 heterocycles. The van der Waals surface area contributed by atoms with Crippen molar-refractivity contribution >= 4 is 35.7 Å². The van der Waals surface area contributed by atoms with Gasteiger partial charge in [0.15, 0.2) is 11.9 Å². The van der Waals surface area contributed by atoms with Crippen LogP contribution in [0.15, 0.2) is 9.98 Å². The van der Waals surface area contributed by atoms with Crippen LogP contribution in [-0.4, -0.2) is 88.6 Å². The standard InChI is InChI=1S/C12H26N8O3.2C2HF3O2/c13-7(3-1-5-18-11(14)15)9(21)20-8(10(22)23)4-2-6-19-12(16)17;2*3-2(4,5)1(6)7/h7-8H,1-6,13H2,(H,20,21)(H,22,23)(H4,14,15,18)(H4,16,17,19);2*(H,6,7)/t7-,8-;;/m0../s1. The van der Waals surface area contributed by atoms with E-state index in [-0.39, 0.29) is 24.9 Å². The Hall–Kier alpha value is -4.04. The van der Waals surface area contributed by atoms with Crippen LogP contribution in [0.25, 0.3) is 0 Å². The molecule has 0 aliphatic rings. The number of halogens is 6. The Kier molecular flexibility index (Phi) is 18.5. The minimum Gasteiger partial charge on any atom is -0.480 e. The Morgan fingerprint density at radius 2 is 1.05 bits per heavy atom. The molecule has 0 aliphatic heterocycles. The van der Waals surface area contributed by atoms with Crippen molar-refractivity contribution in [2.75, 3.05) is 13.1 Å². The second-order valence-electron chi connectivity index (χ2n) is 6.51. The summed E-state index contributed by atoms with van der Waals surface area (Å²) in [6, 6.07) is -1.87. The molecule has 1 amide bonds. The predicted octanol–water partition coefficient (Wildman–Crippen LogP) is -1.74. The molecular formula is C16H28F6N8O7. The smallest absolute Gasteiger partial charge is 0.480 e. The Labute approximate surface area is 204 Å². The average molecular weight is 558 g/mol. The second kappa shape index (κ2) is 18.3. The third-order valence-electron chi connectivity index (χ3n) is 3.35. The van der Waals surface area contributed by atoms with E-state index in [4.69, 9.17) is 53.6 Å². The highest BCUT2D eigenvalue weighted by molar-refractivity contribution is 5.86. The number of carboxylic acid groups (broad SMARTS) is 3. The number of nitrogens with zero attached hydrogens (tertiary/aromatic N) is 2. The molecule has 0 saturated heterocycles. The first-order valence-corrected chi connectivity index (χ1v) is 9.62. The number of carbonyl (C=O) groups is 4. The highest BCUT2D eigenvalue weighted by atomic mass is 19.4. The zero-order valence-corrected chi connectivity index (χ0v) is 18.9. The second-order valence-corrected chi connectivity index (χ2v) is 6.51. The molecule has 0 unspecified atom stereocenters. The molecule has 216 valence electrons. The maximum atomic E-state index is 11.9. The molecule has 2 atom stereocenters. The molecule has 15 nitrogen and oxygen atoms in total. The summed E-state index contributed by atoms with van der Waals surface area (Å²) < 4.78 is 63.5. The van der Waals surface area contributed by atoms with Gasteiger partial charge in [0.2, 0.25) is 5.91 Å². The van der Waals surface area contributed by atoms with Crippen LogP contribution in [0, 0.1) is 0 Å². The lowest BCUT2D eigenvalue weighted by molar-refractivity contribution is -0.193. The van der Waals surface area contributed by atoms with E-state index in [1.165, 1.54) is 0 Å². The van der Waals surface area contributed by atoms with Gasteiger partial charge in [-0.15, -0.1) is 0 Å². The number of amides is 1. The van der Waals surface area contributed by atoms with Gasteiger partial charge < -0.3 is 49.3 Å². The van der Waals surface area contributed by atoms with Gasteiger partial charge in [0, 0.05) is 13.1 Å². The van der Waals surface area contributed by atoms with Crippen molar-refractivity contribution in [2.45, 2.75) is 50.1 Å². The first kappa shape index (κ1) is 37.5.